The Morgan fingerprint density at radius 2 is 1.62 bits per heavy atom. The second-order valence-electron chi connectivity index (χ2n) is 2.77. The summed E-state index contributed by atoms with van der Waals surface area (Å²) in [6.45, 7) is 0. The molecular formula is C10H8Cl2O4. The number of methoxy groups -OCH3 is 2. The van der Waals surface area contributed by atoms with Gasteiger partial charge in [0.05, 0.1) is 35.4 Å². The summed E-state index contributed by atoms with van der Waals surface area (Å²) in [5.74, 6) is -1.35. The van der Waals surface area contributed by atoms with Crippen molar-refractivity contribution < 1.29 is 19.1 Å². The standard InChI is InChI=1S/C10H8Cl2O4/c1-15-9(13)5-3-4-6(11)7(8(5)12)10(14)16-2/h3-4H,1-2H3. The third-order valence-corrected chi connectivity index (χ3v) is 2.59. The van der Waals surface area contributed by atoms with Crippen molar-refractivity contribution in [3.05, 3.63) is 33.3 Å². The van der Waals surface area contributed by atoms with Crippen LogP contribution in [0.4, 0.5) is 0 Å². The fourth-order valence-corrected chi connectivity index (χ4v) is 1.71. The highest BCUT2D eigenvalue weighted by Crippen LogP contribution is 2.29. The van der Waals surface area contributed by atoms with Crippen LogP contribution in [0.15, 0.2) is 12.1 Å². The molecule has 0 N–H and O–H groups in total. The molecule has 16 heavy (non-hydrogen) atoms. The predicted octanol–water partition coefficient (Wildman–Crippen LogP) is 2.57. The Hall–Kier alpha value is -1.26. The topological polar surface area (TPSA) is 52.6 Å². The summed E-state index contributed by atoms with van der Waals surface area (Å²) in [5.41, 5.74) is 0.0164. The zero-order valence-corrected chi connectivity index (χ0v) is 10.1. The van der Waals surface area contributed by atoms with Gasteiger partial charge in [0.2, 0.25) is 0 Å². The molecule has 0 heterocycles. The normalized spacial score (nSPS) is 9.75. The molecule has 0 fully saturated rings. The number of halogens is 2. The van der Waals surface area contributed by atoms with Gasteiger partial charge in [-0.2, -0.15) is 0 Å². The first kappa shape index (κ1) is 12.8. The molecule has 0 aliphatic heterocycles. The molecule has 0 aromatic heterocycles. The molecule has 0 amide bonds. The highest BCUT2D eigenvalue weighted by atomic mass is 35.5. The van der Waals surface area contributed by atoms with Crippen LogP contribution in [0.1, 0.15) is 20.7 Å². The van der Waals surface area contributed by atoms with Gasteiger partial charge in [-0.25, -0.2) is 9.59 Å². The third-order valence-electron chi connectivity index (χ3n) is 1.89. The van der Waals surface area contributed by atoms with Gasteiger partial charge in [-0.05, 0) is 12.1 Å². The molecule has 0 aliphatic rings. The number of carbonyl (C=O) groups is 2. The van der Waals surface area contributed by atoms with Gasteiger partial charge in [-0.1, -0.05) is 23.2 Å². The van der Waals surface area contributed by atoms with Crippen molar-refractivity contribution in [1.82, 2.24) is 0 Å². The molecule has 0 bridgehead atoms. The van der Waals surface area contributed by atoms with Crippen molar-refractivity contribution in [2.24, 2.45) is 0 Å². The van der Waals surface area contributed by atoms with Gasteiger partial charge in [0.15, 0.2) is 0 Å². The molecule has 1 aromatic rings. The Labute approximate surface area is 102 Å². The summed E-state index contributed by atoms with van der Waals surface area (Å²) in [4.78, 5) is 22.7. The molecule has 0 saturated carbocycles. The molecular weight excluding hydrogens is 255 g/mol. The predicted molar refractivity (Wildman–Crippen MR) is 59.1 cm³/mol. The van der Waals surface area contributed by atoms with E-state index < -0.39 is 11.9 Å². The lowest BCUT2D eigenvalue weighted by molar-refractivity contribution is 0.0600. The monoisotopic (exact) mass is 262 g/mol. The van der Waals surface area contributed by atoms with Gasteiger partial charge in [0.25, 0.3) is 0 Å². The van der Waals surface area contributed by atoms with E-state index in [1.807, 2.05) is 0 Å². The molecule has 1 aromatic carbocycles. The number of carbonyl (C=O) groups excluding carboxylic acids is 2. The van der Waals surface area contributed by atoms with Gasteiger partial charge in [0.1, 0.15) is 0 Å². The van der Waals surface area contributed by atoms with Crippen molar-refractivity contribution >= 4 is 35.1 Å². The van der Waals surface area contributed by atoms with E-state index in [0.29, 0.717) is 0 Å². The Morgan fingerprint density at radius 3 is 2.12 bits per heavy atom. The zero-order chi connectivity index (χ0) is 12.3. The van der Waals surface area contributed by atoms with E-state index in [4.69, 9.17) is 23.2 Å². The fourth-order valence-electron chi connectivity index (χ4n) is 1.11. The highest BCUT2D eigenvalue weighted by Gasteiger charge is 2.21. The molecule has 0 atom stereocenters. The van der Waals surface area contributed by atoms with Crippen LogP contribution in [0.3, 0.4) is 0 Å². The van der Waals surface area contributed by atoms with Crippen molar-refractivity contribution in [2.75, 3.05) is 14.2 Å². The quantitative estimate of drug-likeness (QED) is 0.769. The van der Waals surface area contributed by atoms with Crippen LogP contribution in [0.25, 0.3) is 0 Å². The second-order valence-corrected chi connectivity index (χ2v) is 3.55. The van der Waals surface area contributed by atoms with Crippen molar-refractivity contribution in [2.45, 2.75) is 0 Å². The average molecular weight is 263 g/mol. The average Bonchev–Trinajstić information content (AvgIpc) is 2.28. The lowest BCUT2D eigenvalue weighted by Crippen LogP contribution is -2.08. The summed E-state index contributed by atoms with van der Waals surface area (Å²) in [6, 6.07) is 2.76. The first-order chi connectivity index (χ1) is 7.52. The number of hydrogen-bond acceptors (Lipinski definition) is 4. The van der Waals surface area contributed by atoms with E-state index in [2.05, 4.69) is 9.47 Å². The van der Waals surface area contributed by atoms with E-state index in [1.54, 1.807) is 0 Å². The fraction of sp³-hybridized carbons (Fsp3) is 0.200. The van der Waals surface area contributed by atoms with Crippen molar-refractivity contribution in [3.63, 3.8) is 0 Å². The van der Waals surface area contributed by atoms with Crippen molar-refractivity contribution in [1.29, 1.82) is 0 Å². The molecule has 0 saturated heterocycles. The first-order valence-electron chi connectivity index (χ1n) is 4.17. The Balaban J connectivity index is 3.38. The van der Waals surface area contributed by atoms with Crippen LogP contribution >= 0.6 is 23.2 Å². The first-order valence-corrected chi connectivity index (χ1v) is 4.93. The van der Waals surface area contributed by atoms with Crippen LogP contribution in [0, 0.1) is 0 Å². The van der Waals surface area contributed by atoms with E-state index in [1.165, 1.54) is 26.4 Å². The third kappa shape index (κ3) is 2.28. The van der Waals surface area contributed by atoms with Gasteiger partial charge in [-0.15, -0.1) is 0 Å². The maximum atomic E-state index is 11.4. The van der Waals surface area contributed by atoms with E-state index >= 15 is 0 Å². The molecule has 6 heteroatoms. The minimum atomic E-state index is -0.708. The molecule has 0 aliphatic carbocycles. The SMILES string of the molecule is COC(=O)c1ccc(Cl)c(C(=O)OC)c1Cl. The van der Waals surface area contributed by atoms with E-state index in [9.17, 15) is 9.59 Å². The van der Waals surface area contributed by atoms with Crippen molar-refractivity contribution in [3.8, 4) is 0 Å². The molecule has 4 nitrogen and oxygen atoms in total. The van der Waals surface area contributed by atoms with E-state index in [-0.39, 0.29) is 21.2 Å². The van der Waals surface area contributed by atoms with Crippen LogP contribution in [-0.4, -0.2) is 26.2 Å². The Morgan fingerprint density at radius 1 is 1.06 bits per heavy atom. The van der Waals surface area contributed by atoms with Crippen LogP contribution in [0.5, 0.6) is 0 Å². The van der Waals surface area contributed by atoms with Crippen LogP contribution in [-0.2, 0) is 9.47 Å². The summed E-state index contributed by atoms with van der Waals surface area (Å²) in [6.07, 6.45) is 0. The number of benzene rings is 1. The smallest absolute Gasteiger partial charge is 0.340 e. The van der Waals surface area contributed by atoms with E-state index in [0.717, 1.165) is 0 Å². The zero-order valence-electron chi connectivity index (χ0n) is 8.54. The lowest BCUT2D eigenvalue weighted by Gasteiger charge is -2.08. The second kappa shape index (κ2) is 5.18. The minimum Gasteiger partial charge on any atom is -0.465 e. The summed E-state index contributed by atoms with van der Waals surface area (Å²) < 4.78 is 9.01. The summed E-state index contributed by atoms with van der Waals surface area (Å²) in [7, 11) is 2.41. The van der Waals surface area contributed by atoms with Gasteiger partial charge in [-0.3, -0.25) is 0 Å². The Kier molecular flexibility index (Phi) is 4.15. The maximum absolute atomic E-state index is 11.4. The largest absolute Gasteiger partial charge is 0.465 e. The lowest BCUT2D eigenvalue weighted by atomic mass is 10.1. The van der Waals surface area contributed by atoms with Crippen LogP contribution < -0.4 is 0 Å². The molecule has 86 valence electrons. The van der Waals surface area contributed by atoms with Crippen LogP contribution in [0.2, 0.25) is 10.0 Å². The summed E-state index contributed by atoms with van der Waals surface area (Å²) >= 11 is 11.7. The molecule has 0 radical (unpaired) electrons. The Bertz CT molecular complexity index is 443. The number of hydrogen-bond donors (Lipinski definition) is 0. The highest BCUT2D eigenvalue weighted by molar-refractivity contribution is 6.41. The number of esters is 2. The molecule has 1 rings (SSSR count). The molecule has 0 unspecified atom stereocenters. The molecule has 0 spiro atoms. The summed E-state index contributed by atoms with van der Waals surface area (Å²) in [5, 5.41) is 0.0377. The number of rotatable bonds is 2. The number of ether oxygens (including phenoxy) is 2. The minimum absolute atomic E-state index is 0.0475. The van der Waals surface area contributed by atoms with Gasteiger partial charge >= 0.3 is 11.9 Å². The van der Waals surface area contributed by atoms with Gasteiger partial charge in [0, 0.05) is 0 Å². The maximum Gasteiger partial charge on any atom is 0.340 e. The van der Waals surface area contributed by atoms with Gasteiger partial charge < -0.3 is 9.47 Å².